The summed E-state index contributed by atoms with van der Waals surface area (Å²) in [6.45, 7) is 0.563. The van der Waals surface area contributed by atoms with Gasteiger partial charge >= 0.3 is 12.0 Å². The SMILES string of the molecule is O=C(O)CCC1CCCCN1C(=O)CNC(=O)NCc1ccc([N+](=O)[O-])cc1. The van der Waals surface area contributed by atoms with Crippen LogP contribution in [0.3, 0.4) is 0 Å². The zero-order valence-corrected chi connectivity index (χ0v) is 15.4. The molecule has 0 spiro atoms. The van der Waals surface area contributed by atoms with Crippen LogP contribution in [-0.2, 0) is 16.1 Å². The molecule has 1 heterocycles. The van der Waals surface area contributed by atoms with Gasteiger partial charge in [0.1, 0.15) is 0 Å². The molecule has 10 heteroatoms. The summed E-state index contributed by atoms with van der Waals surface area (Å²) in [5.74, 6) is -1.12. The van der Waals surface area contributed by atoms with Crippen molar-refractivity contribution < 1.29 is 24.4 Å². The summed E-state index contributed by atoms with van der Waals surface area (Å²) in [7, 11) is 0. The van der Waals surface area contributed by atoms with Gasteiger partial charge < -0.3 is 20.6 Å². The van der Waals surface area contributed by atoms with E-state index in [-0.39, 0.29) is 37.1 Å². The van der Waals surface area contributed by atoms with Gasteiger partial charge in [-0.25, -0.2) is 4.79 Å². The van der Waals surface area contributed by atoms with Crippen LogP contribution < -0.4 is 10.6 Å². The number of urea groups is 1. The molecule has 1 saturated heterocycles. The van der Waals surface area contributed by atoms with Gasteiger partial charge in [-0.3, -0.25) is 19.7 Å². The monoisotopic (exact) mass is 392 g/mol. The number of benzene rings is 1. The molecule has 152 valence electrons. The van der Waals surface area contributed by atoms with E-state index >= 15 is 0 Å². The molecule has 3 N–H and O–H groups in total. The van der Waals surface area contributed by atoms with Crippen LogP contribution in [0.2, 0.25) is 0 Å². The summed E-state index contributed by atoms with van der Waals surface area (Å²) in [5.41, 5.74) is 0.662. The van der Waals surface area contributed by atoms with E-state index in [9.17, 15) is 24.5 Å². The Morgan fingerprint density at radius 3 is 2.54 bits per heavy atom. The molecular weight excluding hydrogens is 368 g/mol. The molecule has 3 amide bonds. The fraction of sp³-hybridized carbons (Fsp3) is 0.500. The highest BCUT2D eigenvalue weighted by Crippen LogP contribution is 2.21. The Kier molecular flexibility index (Phi) is 7.73. The number of piperidine rings is 1. The van der Waals surface area contributed by atoms with Crippen molar-refractivity contribution in [1.29, 1.82) is 0 Å². The third-order valence-electron chi connectivity index (χ3n) is 4.64. The predicted molar refractivity (Wildman–Crippen MR) is 99.6 cm³/mol. The number of carboxylic acid groups (broad SMARTS) is 1. The Hall–Kier alpha value is -3.17. The molecule has 1 atom stereocenters. The molecule has 1 aliphatic rings. The Balaban J connectivity index is 1.76. The second-order valence-corrected chi connectivity index (χ2v) is 6.63. The van der Waals surface area contributed by atoms with Crippen molar-refractivity contribution in [3.8, 4) is 0 Å². The number of carbonyl (C=O) groups is 3. The van der Waals surface area contributed by atoms with E-state index in [2.05, 4.69) is 10.6 Å². The average Bonchev–Trinajstić information content (AvgIpc) is 2.69. The molecule has 1 fully saturated rings. The fourth-order valence-electron chi connectivity index (χ4n) is 3.16. The van der Waals surface area contributed by atoms with Crippen LogP contribution in [-0.4, -0.2) is 52.0 Å². The molecular formula is C18H24N4O6. The molecule has 1 aromatic carbocycles. The van der Waals surface area contributed by atoms with Crippen molar-refractivity contribution in [2.75, 3.05) is 13.1 Å². The van der Waals surface area contributed by atoms with Crippen molar-refractivity contribution in [3.63, 3.8) is 0 Å². The molecule has 10 nitrogen and oxygen atoms in total. The Morgan fingerprint density at radius 1 is 1.18 bits per heavy atom. The quantitative estimate of drug-likeness (QED) is 0.453. The van der Waals surface area contributed by atoms with Crippen LogP contribution in [0.1, 0.15) is 37.7 Å². The summed E-state index contributed by atoms with van der Waals surface area (Å²) in [4.78, 5) is 46.8. The lowest BCUT2D eigenvalue weighted by atomic mass is 9.98. The number of carbonyl (C=O) groups excluding carboxylic acids is 2. The van der Waals surface area contributed by atoms with Crippen molar-refractivity contribution in [1.82, 2.24) is 15.5 Å². The van der Waals surface area contributed by atoms with Crippen molar-refractivity contribution in [3.05, 3.63) is 39.9 Å². The first kappa shape index (κ1) is 21.1. The summed E-state index contributed by atoms with van der Waals surface area (Å²) in [6, 6.07) is 5.17. The highest BCUT2D eigenvalue weighted by atomic mass is 16.6. The van der Waals surface area contributed by atoms with Crippen molar-refractivity contribution >= 4 is 23.6 Å². The molecule has 0 aliphatic carbocycles. The van der Waals surface area contributed by atoms with E-state index in [1.165, 1.54) is 12.1 Å². The second kappa shape index (κ2) is 10.2. The number of nitrogens with zero attached hydrogens (tertiary/aromatic N) is 2. The van der Waals surface area contributed by atoms with Gasteiger partial charge in [0.25, 0.3) is 5.69 Å². The number of non-ortho nitro benzene ring substituents is 1. The number of amides is 3. The molecule has 0 saturated carbocycles. The first-order valence-corrected chi connectivity index (χ1v) is 9.13. The number of hydrogen-bond donors (Lipinski definition) is 3. The maximum absolute atomic E-state index is 12.4. The topological polar surface area (TPSA) is 142 Å². The normalized spacial score (nSPS) is 16.3. The lowest BCUT2D eigenvalue weighted by Gasteiger charge is -2.35. The lowest BCUT2D eigenvalue weighted by Crippen LogP contribution is -2.49. The Bertz CT molecular complexity index is 721. The van der Waals surface area contributed by atoms with E-state index in [0.717, 1.165) is 19.3 Å². The second-order valence-electron chi connectivity index (χ2n) is 6.63. The lowest BCUT2D eigenvalue weighted by molar-refractivity contribution is -0.384. The van der Waals surface area contributed by atoms with Crippen LogP contribution in [0.15, 0.2) is 24.3 Å². The van der Waals surface area contributed by atoms with E-state index < -0.39 is 16.9 Å². The van der Waals surface area contributed by atoms with Gasteiger partial charge in [-0.2, -0.15) is 0 Å². The van der Waals surface area contributed by atoms with Gasteiger partial charge in [0, 0.05) is 37.7 Å². The standard InChI is InChI=1S/C18H24N4O6/c23-16(21-10-2-1-3-14(21)8-9-17(24)25)12-20-18(26)19-11-13-4-6-15(7-5-13)22(27)28/h4-7,14H,1-3,8-12H2,(H,24,25)(H2,19,20,26). The third kappa shape index (κ3) is 6.53. The zero-order chi connectivity index (χ0) is 20.5. The largest absolute Gasteiger partial charge is 0.481 e. The number of rotatable bonds is 8. The number of carboxylic acids is 1. The molecule has 0 bridgehead atoms. The van der Waals surface area contributed by atoms with Gasteiger partial charge in [-0.1, -0.05) is 12.1 Å². The fourth-order valence-corrected chi connectivity index (χ4v) is 3.16. The molecule has 0 aromatic heterocycles. The van der Waals surface area contributed by atoms with Crippen LogP contribution in [0.5, 0.6) is 0 Å². The van der Waals surface area contributed by atoms with Crippen LogP contribution in [0.4, 0.5) is 10.5 Å². The maximum Gasteiger partial charge on any atom is 0.315 e. The Morgan fingerprint density at radius 2 is 1.89 bits per heavy atom. The summed E-state index contributed by atoms with van der Waals surface area (Å²) in [6.07, 6.45) is 3.01. The number of likely N-dealkylation sites (tertiary alicyclic amines) is 1. The Labute approximate surface area is 162 Å². The average molecular weight is 392 g/mol. The smallest absolute Gasteiger partial charge is 0.315 e. The van der Waals surface area contributed by atoms with Gasteiger partial charge in [-0.05, 0) is 31.2 Å². The predicted octanol–water partition coefficient (Wildman–Crippen LogP) is 1.64. The molecule has 1 aliphatic heterocycles. The highest BCUT2D eigenvalue weighted by Gasteiger charge is 2.27. The minimum Gasteiger partial charge on any atom is -0.481 e. The van der Waals surface area contributed by atoms with E-state index in [0.29, 0.717) is 18.5 Å². The number of nitro benzene ring substituents is 1. The summed E-state index contributed by atoms with van der Waals surface area (Å²) in [5, 5.41) is 24.5. The number of nitro groups is 1. The van der Waals surface area contributed by atoms with Crippen LogP contribution in [0.25, 0.3) is 0 Å². The number of nitrogens with one attached hydrogen (secondary N) is 2. The molecule has 1 unspecified atom stereocenters. The summed E-state index contributed by atoms with van der Waals surface area (Å²) >= 11 is 0. The zero-order valence-electron chi connectivity index (χ0n) is 15.4. The third-order valence-corrected chi connectivity index (χ3v) is 4.64. The number of aliphatic carboxylic acids is 1. The van der Waals surface area contributed by atoms with E-state index in [1.54, 1.807) is 17.0 Å². The van der Waals surface area contributed by atoms with E-state index in [4.69, 9.17) is 5.11 Å². The van der Waals surface area contributed by atoms with Gasteiger partial charge in [0.2, 0.25) is 5.91 Å². The molecule has 1 aromatic rings. The minimum atomic E-state index is -0.887. The van der Waals surface area contributed by atoms with E-state index in [1.807, 2.05) is 0 Å². The maximum atomic E-state index is 12.4. The van der Waals surface area contributed by atoms with Gasteiger partial charge in [0.05, 0.1) is 11.5 Å². The van der Waals surface area contributed by atoms with Crippen LogP contribution in [0, 0.1) is 10.1 Å². The van der Waals surface area contributed by atoms with Gasteiger partial charge in [-0.15, -0.1) is 0 Å². The molecule has 28 heavy (non-hydrogen) atoms. The van der Waals surface area contributed by atoms with Gasteiger partial charge in [0.15, 0.2) is 0 Å². The highest BCUT2D eigenvalue weighted by molar-refractivity contribution is 5.84. The number of hydrogen-bond acceptors (Lipinski definition) is 5. The molecule has 0 radical (unpaired) electrons. The van der Waals surface area contributed by atoms with Crippen LogP contribution >= 0.6 is 0 Å². The first-order chi connectivity index (χ1) is 13.4. The minimum absolute atomic E-state index is 0.0115. The molecule has 2 rings (SSSR count). The van der Waals surface area contributed by atoms with Crippen molar-refractivity contribution in [2.45, 2.75) is 44.7 Å². The summed E-state index contributed by atoms with van der Waals surface area (Å²) < 4.78 is 0. The first-order valence-electron chi connectivity index (χ1n) is 9.13. The van der Waals surface area contributed by atoms with Crippen molar-refractivity contribution in [2.24, 2.45) is 0 Å².